The largest absolute Gasteiger partial charge is 0.495 e. The van der Waals surface area contributed by atoms with Gasteiger partial charge < -0.3 is 15.0 Å². The Balaban J connectivity index is 2.25. The first-order valence-electron chi connectivity index (χ1n) is 5.39. The molecule has 0 saturated carbocycles. The number of hydrogen-bond donors (Lipinski definition) is 1. The summed E-state index contributed by atoms with van der Waals surface area (Å²) in [5.74, 6) is 0.640. The minimum atomic E-state index is 0.596. The van der Waals surface area contributed by atoms with Gasteiger partial charge in [0.05, 0.1) is 12.7 Å². The van der Waals surface area contributed by atoms with Gasteiger partial charge in [0.1, 0.15) is 11.8 Å². The summed E-state index contributed by atoms with van der Waals surface area (Å²) >= 11 is 0. The van der Waals surface area contributed by atoms with E-state index in [1.807, 2.05) is 18.2 Å². The van der Waals surface area contributed by atoms with Crippen molar-refractivity contribution in [3.8, 4) is 11.8 Å². The van der Waals surface area contributed by atoms with Gasteiger partial charge in [0.15, 0.2) is 0 Å². The van der Waals surface area contributed by atoms with Crippen LogP contribution in [0.1, 0.15) is 5.56 Å². The van der Waals surface area contributed by atoms with E-state index in [-0.39, 0.29) is 0 Å². The Kier molecular flexibility index (Phi) is 3.28. The molecule has 1 aliphatic rings. The van der Waals surface area contributed by atoms with Gasteiger partial charge in [-0.25, -0.2) is 0 Å². The number of ether oxygens (including phenoxy) is 1. The molecule has 4 heteroatoms. The number of rotatable bonds is 2. The number of hydrogen-bond acceptors (Lipinski definition) is 4. The summed E-state index contributed by atoms with van der Waals surface area (Å²) in [6.07, 6.45) is 0. The summed E-state index contributed by atoms with van der Waals surface area (Å²) in [4.78, 5) is 2.27. The van der Waals surface area contributed by atoms with E-state index in [1.165, 1.54) is 0 Å². The van der Waals surface area contributed by atoms with Gasteiger partial charge in [-0.05, 0) is 18.2 Å². The third-order valence-corrected chi connectivity index (χ3v) is 2.79. The lowest BCUT2D eigenvalue weighted by atomic mass is 10.1. The van der Waals surface area contributed by atoms with Crippen molar-refractivity contribution < 1.29 is 4.74 Å². The molecule has 1 saturated heterocycles. The van der Waals surface area contributed by atoms with E-state index in [0.29, 0.717) is 11.3 Å². The summed E-state index contributed by atoms with van der Waals surface area (Å²) in [6, 6.07) is 7.91. The van der Waals surface area contributed by atoms with Gasteiger partial charge in [-0.15, -0.1) is 0 Å². The number of anilines is 1. The number of nitrogens with zero attached hydrogens (tertiary/aromatic N) is 2. The van der Waals surface area contributed by atoms with Crippen LogP contribution in [0, 0.1) is 11.3 Å². The van der Waals surface area contributed by atoms with Crippen LogP contribution in [0.4, 0.5) is 5.69 Å². The molecule has 4 nitrogen and oxygen atoms in total. The molecule has 1 aromatic rings. The third kappa shape index (κ3) is 2.10. The molecular weight excluding hydrogens is 202 g/mol. The highest BCUT2D eigenvalue weighted by Gasteiger charge is 2.12. The highest BCUT2D eigenvalue weighted by atomic mass is 16.5. The molecule has 0 aromatic heterocycles. The monoisotopic (exact) mass is 217 g/mol. The fourth-order valence-corrected chi connectivity index (χ4v) is 1.90. The standard InChI is InChI=1S/C12H15N3O/c1-16-12-3-2-11(8-10(12)9-13)15-6-4-14-5-7-15/h2-3,8,14H,4-7H2,1H3. The zero-order chi connectivity index (χ0) is 11.4. The fourth-order valence-electron chi connectivity index (χ4n) is 1.90. The Bertz CT molecular complexity index is 405. The fraction of sp³-hybridized carbons (Fsp3) is 0.417. The number of benzene rings is 1. The lowest BCUT2D eigenvalue weighted by Crippen LogP contribution is -2.43. The SMILES string of the molecule is COc1ccc(N2CCNCC2)cc1C#N. The van der Waals surface area contributed by atoms with Gasteiger partial charge in [-0.2, -0.15) is 5.26 Å². The number of piperazine rings is 1. The molecule has 2 rings (SSSR count). The molecule has 1 aromatic carbocycles. The van der Waals surface area contributed by atoms with Crippen LogP contribution in [-0.4, -0.2) is 33.3 Å². The van der Waals surface area contributed by atoms with E-state index >= 15 is 0 Å². The molecule has 0 bridgehead atoms. The van der Waals surface area contributed by atoms with Crippen LogP contribution in [0.25, 0.3) is 0 Å². The summed E-state index contributed by atoms with van der Waals surface area (Å²) in [5.41, 5.74) is 1.69. The van der Waals surface area contributed by atoms with E-state index in [9.17, 15) is 0 Å². The zero-order valence-corrected chi connectivity index (χ0v) is 9.36. The number of nitriles is 1. The molecule has 16 heavy (non-hydrogen) atoms. The van der Waals surface area contributed by atoms with Crippen molar-refractivity contribution in [2.24, 2.45) is 0 Å². The molecule has 1 N–H and O–H groups in total. The Morgan fingerprint density at radius 2 is 2.12 bits per heavy atom. The second kappa shape index (κ2) is 4.86. The van der Waals surface area contributed by atoms with Crippen LogP contribution < -0.4 is 15.0 Å². The second-order valence-corrected chi connectivity index (χ2v) is 3.73. The summed E-state index contributed by atoms with van der Waals surface area (Å²) in [6.45, 7) is 3.95. The van der Waals surface area contributed by atoms with Gasteiger partial charge in [-0.1, -0.05) is 0 Å². The summed E-state index contributed by atoms with van der Waals surface area (Å²) < 4.78 is 5.13. The predicted molar refractivity (Wildman–Crippen MR) is 62.8 cm³/mol. The predicted octanol–water partition coefficient (Wildman–Crippen LogP) is 0.976. The normalized spacial score (nSPS) is 15.6. The van der Waals surface area contributed by atoms with E-state index in [2.05, 4.69) is 16.3 Å². The maximum Gasteiger partial charge on any atom is 0.136 e. The Morgan fingerprint density at radius 3 is 2.75 bits per heavy atom. The highest BCUT2D eigenvalue weighted by Crippen LogP contribution is 2.24. The molecule has 1 heterocycles. The van der Waals surface area contributed by atoms with Crippen molar-refractivity contribution in [2.45, 2.75) is 0 Å². The van der Waals surface area contributed by atoms with Crippen LogP contribution in [0.2, 0.25) is 0 Å². The second-order valence-electron chi connectivity index (χ2n) is 3.73. The first-order chi connectivity index (χ1) is 7.85. The third-order valence-electron chi connectivity index (χ3n) is 2.79. The molecule has 84 valence electrons. The Morgan fingerprint density at radius 1 is 1.38 bits per heavy atom. The Hall–Kier alpha value is -1.73. The number of nitrogens with one attached hydrogen (secondary N) is 1. The Labute approximate surface area is 95.4 Å². The van der Waals surface area contributed by atoms with Crippen LogP contribution in [0.5, 0.6) is 5.75 Å². The van der Waals surface area contributed by atoms with Gasteiger partial charge in [0.25, 0.3) is 0 Å². The zero-order valence-electron chi connectivity index (χ0n) is 9.36. The maximum absolute atomic E-state index is 9.01. The molecule has 0 atom stereocenters. The van der Waals surface area contributed by atoms with E-state index in [0.717, 1.165) is 31.9 Å². The van der Waals surface area contributed by atoms with Gasteiger partial charge in [-0.3, -0.25) is 0 Å². The summed E-state index contributed by atoms with van der Waals surface area (Å²) in [7, 11) is 1.58. The van der Waals surface area contributed by atoms with Crippen molar-refractivity contribution in [1.29, 1.82) is 5.26 Å². The number of methoxy groups -OCH3 is 1. The minimum absolute atomic E-state index is 0.596. The van der Waals surface area contributed by atoms with Gasteiger partial charge in [0.2, 0.25) is 0 Å². The van der Waals surface area contributed by atoms with Crippen molar-refractivity contribution in [3.63, 3.8) is 0 Å². The van der Waals surface area contributed by atoms with E-state index < -0.39 is 0 Å². The maximum atomic E-state index is 9.01. The van der Waals surface area contributed by atoms with Crippen LogP contribution >= 0.6 is 0 Å². The molecule has 0 aliphatic carbocycles. The molecule has 0 unspecified atom stereocenters. The quantitative estimate of drug-likeness (QED) is 0.802. The first kappa shape index (κ1) is 10.8. The van der Waals surface area contributed by atoms with E-state index in [4.69, 9.17) is 10.00 Å². The molecule has 0 amide bonds. The average Bonchev–Trinajstić information content (AvgIpc) is 2.39. The average molecular weight is 217 g/mol. The van der Waals surface area contributed by atoms with Crippen LogP contribution in [0.15, 0.2) is 18.2 Å². The summed E-state index contributed by atoms with van der Waals surface area (Å²) in [5, 5.41) is 12.3. The lowest BCUT2D eigenvalue weighted by Gasteiger charge is -2.29. The van der Waals surface area contributed by atoms with Crippen LogP contribution in [0.3, 0.4) is 0 Å². The van der Waals surface area contributed by atoms with Crippen molar-refractivity contribution in [1.82, 2.24) is 5.32 Å². The lowest BCUT2D eigenvalue weighted by molar-refractivity contribution is 0.413. The van der Waals surface area contributed by atoms with Crippen molar-refractivity contribution >= 4 is 5.69 Å². The topological polar surface area (TPSA) is 48.3 Å². The van der Waals surface area contributed by atoms with Crippen LogP contribution in [-0.2, 0) is 0 Å². The van der Waals surface area contributed by atoms with Gasteiger partial charge in [0, 0.05) is 31.9 Å². The minimum Gasteiger partial charge on any atom is -0.495 e. The highest BCUT2D eigenvalue weighted by molar-refractivity contribution is 5.57. The van der Waals surface area contributed by atoms with E-state index in [1.54, 1.807) is 7.11 Å². The molecule has 0 radical (unpaired) electrons. The first-order valence-corrected chi connectivity index (χ1v) is 5.39. The molecular formula is C12H15N3O. The molecule has 0 spiro atoms. The van der Waals surface area contributed by atoms with Crippen molar-refractivity contribution in [3.05, 3.63) is 23.8 Å². The van der Waals surface area contributed by atoms with Gasteiger partial charge >= 0.3 is 0 Å². The molecule has 1 aliphatic heterocycles. The smallest absolute Gasteiger partial charge is 0.136 e. The van der Waals surface area contributed by atoms with Crippen molar-refractivity contribution in [2.75, 3.05) is 38.2 Å². The molecule has 1 fully saturated rings.